The third kappa shape index (κ3) is 3.96. The van der Waals surface area contributed by atoms with Gasteiger partial charge in [-0.15, -0.1) is 0 Å². The standard InChI is InChI=1S/C12H18BrN3O2/c1-8(2)9(6-14)7-15-10-3-4-11(13)12(5-10)16(17)18/h3-5,8-9,15H,6-7,14H2,1-2H3. The molecule has 0 aliphatic carbocycles. The Labute approximate surface area is 115 Å². The van der Waals surface area contributed by atoms with Crippen LogP contribution in [0.15, 0.2) is 22.7 Å². The summed E-state index contributed by atoms with van der Waals surface area (Å²) in [5.41, 5.74) is 6.49. The first kappa shape index (κ1) is 14.9. The fourth-order valence-electron chi connectivity index (χ4n) is 1.60. The van der Waals surface area contributed by atoms with Crippen molar-refractivity contribution in [1.82, 2.24) is 0 Å². The Morgan fingerprint density at radius 3 is 2.67 bits per heavy atom. The molecule has 100 valence electrons. The lowest BCUT2D eigenvalue weighted by molar-refractivity contribution is -0.385. The number of nitrogens with zero attached hydrogens (tertiary/aromatic N) is 1. The number of halogens is 1. The lowest BCUT2D eigenvalue weighted by atomic mass is 9.96. The van der Waals surface area contributed by atoms with Crippen LogP contribution in [0.25, 0.3) is 0 Å². The van der Waals surface area contributed by atoms with E-state index in [9.17, 15) is 10.1 Å². The highest BCUT2D eigenvalue weighted by Crippen LogP contribution is 2.28. The summed E-state index contributed by atoms with van der Waals surface area (Å²) in [6, 6.07) is 5.01. The number of nitro benzene ring substituents is 1. The minimum Gasteiger partial charge on any atom is -0.385 e. The summed E-state index contributed by atoms with van der Waals surface area (Å²) in [5, 5.41) is 14.0. The van der Waals surface area contributed by atoms with Gasteiger partial charge in [-0.2, -0.15) is 0 Å². The van der Waals surface area contributed by atoms with Gasteiger partial charge < -0.3 is 11.1 Å². The van der Waals surface area contributed by atoms with Crippen molar-refractivity contribution in [3.05, 3.63) is 32.8 Å². The summed E-state index contributed by atoms with van der Waals surface area (Å²) < 4.78 is 0.484. The molecule has 0 fully saturated rings. The van der Waals surface area contributed by atoms with Crippen LogP contribution in [0, 0.1) is 22.0 Å². The summed E-state index contributed by atoms with van der Waals surface area (Å²) >= 11 is 3.16. The van der Waals surface area contributed by atoms with E-state index in [1.807, 2.05) is 6.07 Å². The number of hydrogen-bond donors (Lipinski definition) is 2. The van der Waals surface area contributed by atoms with Crippen LogP contribution in [0.4, 0.5) is 11.4 Å². The maximum absolute atomic E-state index is 10.8. The Balaban J connectivity index is 2.74. The van der Waals surface area contributed by atoms with Gasteiger partial charge in [0.15, 0.2) is 0 Å². The van der Waals surface area contributed by atoms with Gasteiger partial charge in [-0.25, -0.2) is 0 Å². The molecule has 1 aromatic carbocycles. The molecular weight excluding hydrogens is 298 g/mol. The van der Waals surface area contributed by atoms with Crippen LogP contribution >= 0.6 is 15.9 Å². The second-order valence-corrected chi connectivity index (χ2v) is 5.40. The molecule has 18 heavy (non-hydrogen) atoms. The van der Waals surface area contributed by atoms with Crippen LogP contribution in [0.3, 0.4) is 0 Å². The molecule has 0 aliphatic rings. The maximum Gasteiger partial charge on any atom is 0.285 e. The number of hydrogen-bond acceptors (Lipinski definition) is 4. The van der Waals surface area contributed by atoms with Gasteiger partial charge in [-0.05, 0) is 46.4 Å². The zero-order valence-corrected chi connectivity index (χ0v) is 12.1. The highest BCUT2D eigenvalue weighted by molar-refractivity contribution is 9.10. The minimum atomic E-state index is -0.405. The largest absolute Gasteiger partial charge is 0.385 e. The van der Waals surface area contributed by atoms with Gasteiger partial charge in [-0.3, -0.25) is 10.1 Å². The smallest absolute Gasteiger partial charge is 0.285 e. The van der Waals surface area contributed by atoms with Crippen LogP contribution < -0.4 is 11.1 Å². The summed E-state index contributed by atoms with van der Waals surface area (Å²) in [6.07, 6.45) is 0. The molecule has 0 heterocycles. The van der Waals surface area contributed by atoms with Crippen molar-refractivity contribution in [3.8, 4) is 0 Å². The van der Waals surface area contributed by atoms with Crippen molar-refractivity contribution < 1.29 is 4.92 Å². The van der Waals surface area contributed by atoms with Gasteiger partial charge in [0.25, 0.3) is 5.69 Å². The van der Waals surface area contributed by atoms with Gasteiger partial charge in [0.05, 0.1) is 9.40 Å². The number of rotatable bonds is 6. The van der Waals surface area contributed by atoms with Crippen molar-refractivity contribution in [3.63, 3.8) is 0 Å². The third-order valence-electron chi connectivity index (χ3n) is 2.96. The third-order valence-corrected chi connectivity index (χ3v) is 3.63. The average molecular weight is 316 g/mol. The van der Waals surface area contributed by atoms with Crippen molar-refractivity contribution in [2.75, 3.05) is 18.4 Å². The molecule has 0 amide bonds. The van der Waals surface area contributed by atoms with Crippen molar-refractivity contribution in [2.24, 2.45) is 17.6 Å². The quantitative estimate of drug-likeness (QED) is 0.624. The van der Waals surface area contributed by atoms with E-state index < -0.39 is 4.92 Å². The molecule has 0 aromatic heterocycles. The molecule has 1 unspecified atom stereocenters. The molecule has 0 spiro atoms. The molecule has 3 N–H and O–H groups in total. The van der Waals surface area contributed by atoms with Crippen LogP contribution in [-0.2, 0) is 0 Å². The molecule has 0 saturated heterocycles. The molecule has 6 heteroatoms. The topological polar surface area (TPSA) is 81.2 Å². The Bertz CT molecular complexity index is 424. The lowest BCUT2D eigenvalue weighted by Crippen LogP contribution is -2.27. The number of benzene rings is 1. The van der Waals surface area contributed by atoms with E-state index in [1.165, 1.54) is 6.07 Å². The Kier molecular flexibility index (Phi) is 5.55. The molecule has 5 nitrogen and oxygen atoms in total. The molecule has 0 saturated carbocycles. The zero-order valence-electron chi connectivity index (χ0n) is 10.5. The van der Waals surface area contributed by atoms with Crippen LogP contribution in [0.1, 0.15) is 13.8 Å². The van der Waals surface area contributed by atoms with Gasteiger partial charge >= 0.3 is 0 Å². The van der Waals surface area contributed by atoms with Crippen molar-refractivity contribution >= 4 is 27.3 Å². The summed E-state index contributed by atoms with van der Waals surface area (Å²) in [4.78, 5) is 10.4. The van der Waals surface area contributed by atoms with Crippen LogP contribution in [-0.4, -0.2) is 18.0 Å². The van der Waals surface area contributed by atoms with E-state index in [2.05, 4.69) is 35.1 Å². The van der Waals surface area contributed by atoms with E-state index >= 15 is 0 Å². The average Bonchev–Trinajstić information content (AvgIpc) is 2.31. The Morgan fingerprint density at radius 2 is 2.17 bits per heavy atom. The van der Waals surface area contributed by atoms with E-state index in [1.54, 1.807) is 6.07 Å². The number of anilines is 1. The first-order valence-corrected chi connectivity index (χ1v) is 6.63. The van der Waals surface area contributed by atoms with Crippen LogP contribution in [0.5, 0.6) is 0 Å². The summed E-state index contributed by atoms with van der Waals surface area (Å²) in [7, 11) is 0. The SMILES string of the molecule is CC(C)C(CN)CNc1ccc(Br)c([N+](=O)[O-])c1. The Morgan fingerprint density at radius 1 is 1.50 bits per heavy atom. The monoisotopic (exact) mass is 315 g/mol. The Hall–Kier alpha value is -1.14. The number of nitrogens with two attached hydrogens (primary N) is 1. The van der Waals surface area contributed by atoms with E-state index in [0.717, 1.165) is 5.69 Å². The van der Waals surface area contributed by atoms with E-state index in [-0.39, 0.29) is 5.69 Å². The number of nitrogens with one attached hydrogen (secondary N) is 1. The van der Waals surface area contributed by atoms with Gasteiger partial charge in [0.1, 0.15) is 0 Å². The predicted molar refractivity (Wildman–Crippen MR) is 76.7 cm³/mol. The fourth-order valence-corrected chi connectivity index (χ4v) is 1.99. The maximum atomic E-state index is 10.8. The molecule has 1 atom stereocenters. The summed E-state index contributed by atoms with van der Waals surface area (Å²) in [6.45, 7) is 5.54. The minimum absolute atomic E-state index is 0.0637. The van der Waals surface area contributed by atoms with E-state index in [4.69, 9.17) is 5.73 Å². The van der Waals surface area contributed by atoms with Gasteiger partial charge in [0, 0.05) is 18.3 Å². The molecular formula is C12H18BrN3O2. The van der Waals surface area contributed by atoms with Crippen molar-refractivity contribution in [1.29, 1.82) is 0 Å². The second-order valence-electron chi connectivity index (χ2n) is 4.54. The zero-order chi connectivity index (χ0) is 13.7. The summed E-state index contributed by atoms with van der Waals surface area (Å²) in [5.74, 6) is 0.834. The lowest BCUT2D eigenvalue weighted by Gasteiger charge is -2.19. The highest BCUT2D eigenvalue weighted by Gasteiger charge is 2.14. The van der Waals surface area contributed by atoms with Crippen molar-refractivity contribution in [2.45, 2.75) is 13.8 Å². The fraction of sp³-hybridized carbons (Fsp3) is 0.500. The van der Waals surface area contributed by atoms with Gasteiger partial charge in [0.2, 0.25) is 0 Å². The normalized spacial score (nSPS) is 12.5. The van der Waals surface area contributed by atoms with E-state index in [0.29, 0.717) is 29.4 Å². The molecule has 1 rings (SSSR count). The molecule has 1 aromatic rings. The first-order chi connectivity index (χ1) is 8.45. The number of nitro groups is 1. The first-order valence-electron chi connectivity index (χ1n) is 5.83. The predicted octanol–water partition coefficient (Wildman–Crippen LogP) is 3.00. The second kappa shape index (κ2) is 6.70. The molecule has 0 aliphatic heterocycles. The molecule has 0 radical (unpaired) electrons. The molecule has 0 bridgehead atoms. The van der Waals surface area contributed by atoms with Crippen LogP contribution in [0.2, 0.25) is 0 Å². The highest BCUT2D eigenvalue weighted by atomic mass is 79.9. The van der Waals surface area contributed by atoms with Gasteiger partial charge in [-0.1, -0.05) is 13.8 Å².